The molecule has 0 amide bonds. The fraction of sp³-hybridized carbons (Fsp3) is 0.818. The van der Waals surface area contributed by atoms with E-state index in [0.717, 1.165) is 13.5 Å². The highest BCUT2D eigenvalue weighted by molar-refractivity contribution is 5.85. The summed E-state index contributed by atoms with van der Waals surface area (Å²) in [4.78, 5) is 22.4. The molecule has 0 radical (unpaired) electrons. The number of hydrogen-bond acceptors (Lipinski definition) is 4. The fourth-order valence-electron chi connectivity index (χ4n) is 1.34. The third-order valence-corrected chi connectivity index (χ3v) is 2.21. The third-order valence-electron chi connectivity index (χ3n) is 2.21. The number of esters is 2. The molecule has 0 rings (SSSR count). The summed E-state index contributed by atoms with van der Waals surface area (Å²) in [6.45, 7) is 3.67. The van der Waals surface area contributed by atoms with Crippen LogP contribution in [0.15, 0.2) is 0 Å². The van der Waals surface area contributed by atoms with Crippen LogP contribution in [-0.2, 0) is 19.1 Å². The van der Waals surface area contributed by atoms with Crippen LogP contribution in [0.3, 0.4) is 0 Å². The lowest BCUT2D eigenvalue weighted by molar-refractivity contribution is -0.163. The van der Waals surface area contributed by atoms with E-state index in [1.54, 1.807) is 6.92 Å². The van der Waals surface area contributed by atoms with Crippen molar-refractivity contribution in [1.82, 2.24) is 0 Å². The van der Waals surface area contributed by atoms with Crippen LogP contribution >= 0.6 is 0 Å². The molecular weight excluding hydrogens is 215 g/mol. The molecule has 5 heteroatoms. The summed E-state index contributed by atoms with van der Waals surface area (Å²) >= 11 is 0. The third kappa shape index (κ3) is 4.59. The van der Waals surface area contributed by atoms with Crippen LogP contribution in [-0.4, -0.2) is 31.3 Å². The first kappa shape index (κ1) is 14.9. The SMILES string of the molecule is CCCCC(F)(CC(=O)OCC)C(=O)OC. The predicted octanol–water partition coefficient (Wildman–Crippen LogP) is 2.01. The monoisotopic (exact) mass is 234 g/mol. The summed E-state index contributed by atoms with van der Waals surface area (Å²) in [6.07, 6.45) is 0.666. The molecule has 0 aliphatic heterocycles. The minimum absolute atomic E-state index is 0.0189. The second-order valence-electron chi connectivity index (χ2n) is 3.54. The van der Waals surface area contributed by atoms with E-state index in [9.17, 15) is 14.0 Å². The zero-order valence-corrected chi connectivity index (χ0v) is 10.0. The molecule has 4 nitrogen and oxygen atoms in total. The number of ether oxygens (including phenoxy) is 2. The number of alkyl halides is 1. The number of methoxy groups -OCH3 is 1. The number of carbonyl (C=O) groups excluding carboxylic acids is 2. The van der Waals surface area contributed by atoms with E-state index in [0.29, 0.717) is 6.42 Å². The Morgan fingerprint density at radius 2 is 1.94 bits per heavy atom. The second kappa shape index (κ2) is 7.19. The lowest BCUT2D eigenvalue weighted by Crippen LogP contribution is -2.38. The van der Waals surface area contributed by atoms with Crippen molar-refractivity contribution in [3.63, 3.8) is 0 Å². The summed E-state index contributed by atoms with van der Waals surface area (Å²) in [5.41, 5.74) is -2.25. The van der Waals surface area contributed by atoms with Crippen LogP contribution in [0.5, 0.6) is 0 Å². The van der Waals surface area contributed by atoms with Gasteiger partial charge in [-0.15, -0.1) is 0 Å². The molecule has 0 aromatic carbocycles. The Bertz CT molecular complexity index is 242. The van der Waals surface area contributed by atoms with Gasteiger partial charge in [-0.05, 0) is 19.8 Å². The van der Waals surface area contributed by atoms with Crippen LogP contribution in [0.2, 0.25) is 0 Å². The summed E-state index contributed by atoms with van der Waals surface area (Å²) in [7, 11) is 1.10. The molecule has 0 aliphatic rings. The average Bonchev–Trinajstić information content (AvgIpc) is 2.25. The van der Waals surface area contributed by atoms with Gasteiger partial charge in [-0.1, -0.05) is 13.3 Å². The van der Waals surface area contributed by atoms with Crippen LogP contribution in [0.25, 0.3) is 0 Å². The Labute approximate surface area is 95.1 Å². The van der Waals surface area contributed by atoms with Crippen molar-refractivity contribution in [2.45, 2.75) is 45.2 Å². The molecule has 1 atom stereocenters. The van der Waals surface area contributed by atoms with E-state index in [-0.39, 0.29) is 13.0 Å². The number of rotatable bonds is 7. The van der Waals surface area contributed by atoms with Crippen molar-refractivity contribution in [3.8, 4) is 0 Å². The highest BCUT2D eigenvalue weighted by Crippen LogP contribution is 2.26. The molecular formula is C11H19FO4. The number of halogens is 1. The first-order chi connectivity index (χ1) is 7.50. The Morgan fingerprint density at radius 1 is 1.31 bits per heavy atom. The highest BCUT2D eigenvalue weighted by atomic mass is 19.1. The summed E-state index contributed by atoms with van der Waals surface area (Å²) in [6, 6.07) is 0. The topological polar surface area (TPSA) is 52.6 Å². The van der Waals surface area contributed by atoms with E-state index in [1.807, 2.05) is 6.92 Å². The van der Waals surface area contributed by atoms with Gasteiger partial charge >= 0.3 is 11.9 Å². The van der Waals surface area contributed by atoms with Gasteiger partial charge in [0.1, 0.15) is 0 Å². The van der Waals surface area contributed by atoms with E-state index in [2.05, 4.69) is 9.47 Å². The van der Waals surface area contributed by atoms with E-state index >= 15 is 0 Å². The Morgan fingerprint density at radius 3 is 2.38 bits per heavy atom. The van der Waals surface area contributed by atoms with Gasteiger partial charge in [0, 0.05) is 0 Å². The lowest BCUT2D eigenvalue weighted by atomic mass is 9.95. The Hall–Kier alpha value is -1.13. The molecule has 0 aliphatic carbocycles. The molecule has 0 fully saturated rings. The highest BCUT2D eigenvalue weighted by Gasteiger charge is 2.41. The fourth-order valence-corrected chi connectivity index (χ4v) is 1.34. The number of carbonyl (C=O) groups is 2. The molecule has 94 valence electrons. The summed E-state index contributed by atoms with van der Waals surface area (Å²) in [5, 5.41) is 0. The maximum absolute atomic E-state index is 14.2. The lowest BCUT2D eigenvalue weighted by Gasteiger charge is -2.21. The van der Waals surface area contributed by atoms with Gasteiger partial charge in [-0.2, -0.15) is 0 Å². The Balaban J connectivity index is 4.52. The normalized spacial score (nSPS) is 14.0. The summed E-state index contributed by atoms with van der Waals surface area (Å²) < 4.78 is 23.2. The van der Waals surface area contributed by atoms with Crippen molar-refractivity contribution in [1.29, 1.82) is 0 Å². The van der Waals surface area contributed by atoms with Crippen LogP contribution in [0.1, 0.15) is 39.5 Å². The van der Waals surface area contributed by atoms with Crippen LogP contribution < -0.4 is 0 Å². The van der Waals surface area contributed by atoms with Gasteiger partial charge in [0.15, 0.2) is 0 Å². The van der Waals surface area contributed by atoms with Gasteiger partial charge in [-0.25, -0.2) is 9.18 Å². The molecule has 0 bridgehead atoms. The quantitative estimate of drug-likeness (QED) is 0.632. The molecule has 1 unspecified atom stereocenters. The average molecular weight is 234 g/mol. The van der Waals surface area contributed by atoms with Crippen molar-refractivity contribution in [2.75, 3.05) is 13.7 Å². The molecule has 0 spiro atoms. The van der Waals surface area contributed by atoms with Gasteiger partial charge < -0.3 is 9.47 Å². The molecule has 16 heavy (non-hydrogen) atoms. The summed E-state index contributed by atoms with van der Waals surface area (Å²) in [5.74, 6) is -1.72. The van der Waals surface area contributed by atoms with E-state index in [4.69, 9.17) is 0 Å². The zero-order chi connectivity index (χ0) is 12.6. The van der Waals surface area contributed by atoms with Gasteiger partial charge in [0.2, 0.25) is 5.67 Å². The zero-order valence-electron chi connectivity index (χ0n) is 10.0. The smallest absolute Gasteiger partial charge is 0.344 e. The largest absolute Gasteiger partial charge is 0.467 e. The van der Waals surface area contributed by atoms with Gasteiger partial charge in [-0.3, -0.25) is 4.79 Å². The van der Waals surface area contributed by atoms with Crippen molar-refractivity contribution in [2.24, 2.45) is 0 Å². The standard InChI is InChI=1S/C11H19FO4/c1-4-6-7-11(12,10(14)15-3)8-9(13)16-5-2/h4-8H2,1-3H3. The molecule has 0 heterocycles. The van der Waals surface area contributed by atoms with Crippen molar-refractivity contribution >= 4 is 11.9 Å². The minimum atomic E-state index is -2.25. The van der Waals surface area contributed by atoms with E-state index < -0.39 is 24.0 Å². The number of unbranched alkanes of at least 4 members (excludes halogenated alkanes) is 1. The first-order valence-corrected chi connectivity index (χ1v) is 5.43. The first-order valence-electron chi connectivity index (χ1n) is 5.43. The molecule has 0 aromatic rings. The maximum Gasteiger partial charge on any atom is 0.344 e. The van der Waals surface area contributed by atoms with E-state index in [1.165, 1.54) is 0 Å². The number of hydrogen-bond donors (Lipinski definition) is 0. The van der Waals surface area contributed by atoms with Crippen molar-refractivity contribution < 1.29 is 23.5 Å². The molecule has 0 saturated carbocycles. The predicted molar refractivity (Wildman–Crippen MR) is 56.6 cm³/mol. The van der Waals surface area contributed by atoms with Crippen LogP contribution in [0.4, 0.5) is 4.39 Å². The minimum Gasteiger partial charge on any atom is -0.467 e. The molecule has 0 saturated heterocycles. The molecule has 0 aromatic heterocycles. The van der Waals surface area contributed by atoms with Crippen molar-refractivity contribution in [3.05, 3.63) is 0 Å². The van der Waals surface area contributed by atoms with Gasteiger partial charge in [0.05, 0.1) is 20.1 Å². The maximum atomic E-state index is 14.2. The van der Waals surface area contributed by atoms with Crippen LogP contribution in [0, 0.1) is 0 Å². The van der Waals surface area contributed by atoms with Gasteiger partial charge in [0.25, 0.3) is 0 Å². The second-order valence-corrected chi connectivity index (χ2v) is 3.54. The molecule has 0 N–H and O–H groups in total. The Kier molecular flexibility index (Phi) is 6.69.